The van der Waals surface area contributed by atoms with Gasteiger partial charge in [0.15, 0.2) is 0 Å². The average Bonchev–Trinajstić information content (AvgIpc) is 3.13. The van der Waals surface area contributed by atoms with Gasteiger partial charge in [-0.2, -0.15) is 5.10 Å². The van der Waals surface area contributed by atoms with Gasteiger partial charge in [-0.1, -0.05) is 29.8 Å². The lowest BCUT2D eigenvalue weighted by atomic mass is 10.0. The van der Waals surface area contributed by atoms with Crippen LogP contribution in [0.15, 0.2) is 29.4 Å². The van der Waals surface area contributed by atoms with Gasteiger partial charge in [0.2, 0.25) is 5.91 Å². The highest BCUT2D eigenvalue weighted by Crippen LogP contribution is 2.29. The fourth-order valence-corrected chi connectivity index (χ4v) is 3.62. The maximum Gasteiger partial charge on any atom is 0.267 e. The summed E-state index contributed by atoms with van der Waals surface area (Å²) in [7, 11) is 1.57. The molecule has 2 amide bonds. The van der Waals surface area contributed by atoms with Crippen LogP contribution in [0.2, 0.25) is 5.02 Å². The van der Waals surface area contributed by atoms with Gasteiger partial charge in [0, 0.05) is 31.5 Å². The summed E-state index contributed by atoms with van der Waals surface area (Å²) in [6, 6.07) is 7.83. The first-order valence-electron chi connectivity index (χ1n) is 8.67. The third-order valence-corrected chi connectivity index (χ3v) is 5.12. The van der Waals surface area contributed by atoms with E-state index in [-0.39, 0.29) is 17.9 Å². The van der Waals surface area contributed by atoms with Gasteiger partial charge in [-0.25, -0.2) is 5.01 Å². The van der Waals surface area contributed by atoms with Crippen LogP contribution in [0.3, 0.4) is 0 Å². The third-order valence-electron chi connectivity index (χ3n) is 4.77. The number of hydrogen-bond acceptors (Lipinski definition) is 4. The Morgan fingerprint density at radius 2 is 2.00 bits per heavy atom. The van der Waals surface area contributed by atoms with Crippen LogP contribution in [0.25, 0.3) is 0 Å². The first-order chi connectivity index (χ1) is 12.1. The Labute approximate surface area is 152 Å². The Morgan fingerprint density at radius 3 is 2.68 bits per heavy atom. The van der Waals surface area contributed by atoms with E-state index in [0.29, 0.717) is 30.1 Å². The van der Waals surface area contributed by atoms with Crippen molar-refractivity contribution in [3.05, 3.63) is 34.9 Å². The second-order valence-corrected chi connectivity index (χ2v) is 6.86. The largest absolute Gasteiger partial charge is 0.349 e. The van der Waals surface area contributed by atoms with Crippen molar-refractivity contribution < 1.29 is 9.59 Å². The molecule has 0 aromatic heterocycles. The van der Waals surface area contributed by atoms with E-state index < -0.39 is 0 Å². The number of likely N-dealkylation sites (tertiary alicyclic amines) is 1. The fraction of sp³-hybridized carbons (Fsp3) is 0.500. The molecule has 2 heterocycles. The van der Waals surface area contributed by atoms with Gasteiger partial charge in [-0.3, -0.25) is 14.5 Å². The van der Waals surface area contributed by atoms with Gasteiger partial charge in [-0.15, -0.1) is 0 Å². The van der Waals surface area contributed by atoms with Crippen LogP contribution in [0.4, 0.5) is 0 Å². The second kappa shape index (κ2) is 7.97. The first kappa shape index (κ1) is 17.9. The third kappa shape index (κ3) is 4.19. The minimum atomic E-state index is -0.212. The van der Waals surface area contributed by atoms with Gasteiger partial charge in [-0.05, 0) is 37.6 Å². The molecule has 2 aliphatic heterocycles. The van der Waals surface area contributed by atoms with E-state index in [1.807, 2.05) is 24.3 Å². The molecule has 1 aromatic carbocycles. The Bertz CT molecular complexity index is 685. The summed E-state index contributed by atoms with van der Waals surface area (Å²) in [5.41, 5.74) is 1.44. The van der Waals surface area contributed by atoms with Gasteiger partial charge in [0.1, 0.15) is 5.71 Å². The Balaban J connectivity index is 1.71. The molecule has 0 saturated carbocycles. The van der Waals surface area contributed by atoms with E-state index >= 15 is 0 Å². The summed E-state index contributed by atoms with van der Waals surface area (Å²) in [5.74, 6) is -0.279. The lowest BCUT2D eigenvalue weighted by molar-refractivity contribution is -0.130. The smallest absolute Gasteiger partial charge is 0.267 e. The monoisotopic (exact) mass is 362 g/mol. The molecule has 1 atom stereocenters. The first-order valence-corrected chi connectivity index (χ1v) is 9.05. The minimum Gasteiger partial charge on any atom is -0.349 e. The summed E-state index contributed by atoms with van der Waals surface area (Å²) in [4.78, 5) is 26.3. The topological polar surface area (TPSA) is 65.0 Å². The van der Waals surface area contributed by atoms with Crippen molar-refractivity contribution in [3.63, 3.8) is 0 Å². The lowest BCUT2D eigenvalue weighted by Crippen LogP contribution is -2.42. The zero-order chi connectivity index (χ0) is 17.8. The second-order valence-electron chi connectivity index (χ2n) is 6.45. The molecule has 1 fully saturated rings. The standard InChI is InChI=1S/C18H23ClN4O2/c1-22-17(24)9-8-15(21-22)18(25)20-12-16(23-10-4-5-11-23)13-6-2-3-7-14(13)19/h2-3,6-7,16H,4-5,8-12H2,1H3,(H,20,25). The van der Waals surface area contributed by atoms with Gasteiger partial charge in [0.05, 0.1) is 6.04 Å². The Kier molecular flexibility index (Phi) is 5.71. The van der Waals surface area contributed by atoms with Crippen LogP contribution >= 0.6 is 11.6 Å². The number of halogens is 1. The zero-order valence-electron chi connectivity index (χ0n) is 14.4. The predicted octanol–water partition coefficient (Wildman–Crippen LogP) is 2.20. The number of hydrogen-bond donors (Lipinski definition) is 1. The number of carbonyl (C=O) groups excluding carboxylic acids is 2. The van der Waals surface area contributed by atoms with Crippen molar-refractivity contribution in [2.45, 2.75) is 31.7 Å². The summed E-state index contributed by atoms with van der Waals surface area (Å²) in [6.45, 7) is 2.48. The number of hydrazone groups is 1. The molecule has 0 radical (unpaired) electrons. The number of amides is 2. The normalized spacial score (nSPS) is 19.7. The maximum absolute atomic E-state index is 12.5. The molecule has 1 N–H and O–H groups in total. The van der Waals surface area contributed by atoms with Gasteiger partial charge in [0.25, 0.3) is 5.91 Å². The van der Waals surface area contributed by atoms with E-state index in [9.17, 15) is 9.59 Å². The maximum atomic E-state index is 12.5. The van der Waals surface area contributed by atoms with Crippen LogP contribution in [0, 0.1) is 0 Å². The summed E-state index contributed by atoms with van der Waals surface area (Å²) >= 11 is 6.39. The molecule has 134 valence electrons. The Morgan fingerprint density at radius 1 is 1.28 bits per heavy atom. The van der Waals surface area contributed by atoms with Gasteiger partial charge >= 0.3 is 0 Å². The van der Waals surface area contributed by atoms with Crippen LogP contribution in [0.5, 0.6) is 0 Å². The van der Waals surface area contributed by atoms with Crippen LogP contribution in [0.1, 0.15) is 37.3 Å². The molecule has 1 saturated heterocycles. The summed E-state index contributed by atoms with van der Waals surface area (Å²) < 4.78 is 0. The molecular weight excluding hydrogens is 340 g/mol. The highest BCUT2D eigenvalue weighted by Gasteiger charge is 2.27. The van der Waals surface area contributed by atoms with Crippen molar-refractivity contribution >= 4 is 29.1 Å². The zero-order valence-corrected chi connectivity index (χ0v) is 15.1. The minimum absolute atomic E-state index is 0.0451. The number of benzene rings is 1. The number of nitrogens with one attached hydrogen (secondary N) is 1. The molecule has 1 unspecified atom stereocenters. The van der Waals surface area contributed by atoms with E-state index in [1.54, 1.807) is 7.05 Å². The van der Waals surface area contributed by atoms with E-state index in [4.69, 9.17) is 11.6 Å². The number of carbonyl (C=O) groups is 2. The van der Waals surface area contributed by atoms with Crippen molar-refractivity contribution in [1.29, 1.82) is 0 Å². The highest BCUT2D eigenvalue weighted by atomic mass is 35.5. The van der Waals surface area contributed by atoms with Crippen molar-refractivity contribution in [1.82, 2.24) is 15.2 Å². The average molecular weight is 363 g/mol. The van der Waals surface area contributed by atoms with Crippen molar-refractivity contribution in [2.75, 3.05) is 26.7 Å². The highest BCUT2D eigenvalue weighted by molar-refractivity contribution is 6.39. The SMILES string of the molecule is CN1N=C(C(=O)NCC(c2ccccc2Cl)N2CCCC2)CCC1=O. The van der Waals surface area contributed by atoms with Crippen molar-refractivity contribution in [2.24, 2.45) is 5.10 Å². The molecule has 0 bridgehead atoms. The molecule has 25 heavy (non-hydrogen) atoms. The van der Waals surface area contributed by atoms with Gasteiger partial charge < -0.3 is 5.32 Å². The van der Waals surface area contributed by atoms with Crippen LogP contribution < -0.4 is 5.32 Å². The quantitative estimate of drug-likeness (QED) is 0.873. The molecule has 2 aliphatic rings. The molecule has 0 aliphatic carbocycles. The number of rotatable bonds is 5. The van der Waals surface area contributed by atoms with E-state index in [2.05, 4.69) is 15.3 Å². The molecule has 0 spiro atoms. The molecule has 6 nitrogen and oxygen atoms in total. The molecular formula is C18H23ClN4O2. The van der Waals surface area contributed by atoms with E-state index in [0.717, 1.165) is 31.5 Å². The van der Waals surface area contributed by atoms with Crippen LogP contribution in [-0.2, 0) is 9.59 Å². The molecule has 7 heteroatoms. The molecule has 1 aromatic rings. The molecule has 3 rings (SSSR count). The summed E-state index contributed by atoms with van der Waals surface area (Å²) in [5, 5.41) is 9.02. The van der Waals surface area contributed by atoms with Crippen LogP contribution in [-0.4, -0.2) is 54.1 Å². The van der Waals surface area contributed by atoms with Crippen molar-refractivity contribution in [3.8, 4) is 0 Å². The van der Waals surface area contributed by atoms with E-state index in [1.165, 1.54) is 5.01 Å². The summed E-state index contributed by atoms with van der Waals surface area (Å²) in [6.07, 6.45) is 3.03. The Hall–Kier alpha value is -1.92. The predicted molar refractivity (Wildman–Crippen MR) is 97.4 cm³/mol. The fourth-order valence-electron chi connectivity index (χ4n) is 3.36. The number of nitrogens with zero attached hydrogens (tertiary/aromatic N) is 3. The lowest BCUT2D eigenvalue weighted by Gasteiger charge is -2.29.